The topological polar surface area (TPSA) is 41.9 Å². The lowest BCUT2D eigenvalue weighted by Crippen LogP contribution is -2.38. The Morgan fingerprint density at radius 3 is 2.57 bits per heavy atom. The predicted octanol–water partition coefficient (Wildman–Crippen LogP) is 3.22. The molecule has 1 aromatic rings. The van der Waals surface area contributed by atoms with Crippen molar-refractivity contribution < 1.29 is 9.53 Å². The zero-order valence-electron chi connectivity index (χ0n) is 11.1. The smallest absolute Gasteiger partial charge is 0.286 e. The minimum atomic E-state index is -0.175. The first-order valence-corrected chi connectivity index (χ1v) is 7.53. The molecule has 1 saturated heterocycles. The number of hydrogen-bond donors (Lipinski definition) is 0. The predicted molar refractivity (Wildman–Crippen MR) is 92.2 cm³/mol. The highest BCUT2D eigenvalue weighted by molar-refractivity contribution is 8.93. The SMILES string of the molecule is Br.O=C1N=C(N2CCOCC2)S/C1=C\c1ccc(Cl)cc1. The van der Waals surface area contributed by atoms with Gasteiger partial charge in [-0.2, -0.15) is 4.99 Å². The molecule has 0 aliphatic carbocycles. The second kappa shape index (κ2) is 7.45. The van der Waals surface area contributed by atoms with E-state index in [-0.39, 0.29) is 22.9 Å². The van der Waals surface area contributed by atoms with E-state index < -0.39 is 0 Å². The number of morpholine rings is 1. The fourth-order valence-corrected chi connectivity index (χ4v) is 3.09. The van der Waals surface area contributed by atoms with Crippen molar-refractivity contribution in [1.29, 1.82) is 0 Å². The molecule has 2 aliphatic heterocycles. The number of rotatable bonds is 1. The van der Waals surface area contributed by atoms with Gasteiger partial charge in [0.25, 0.3) is 5.91 Å². The molecule has 3 rings (SSSR count). The highest BCUT2D eigenvalue weighted by Gasteiger charge is 2.26. The van der Waals surface area contributed by atoms with E-state index in [0.717, 1.165) is 23.8 Å². The van der Waals surface area contributed by atoms with Crippen molar-refractivity contribution in [3.8, 4) is 0 Å². The van der Waals surface area contributed by atoms with Gasteiger partial charge in [-0.05, 0) is 35.5 Å². The van der Waals surface area contributed by atoms with Crippen molar-refractivity contribution in [1.82, 2.24) is 4.90 Å². The van der Waals surface area contributed by atoms with Crippen LogP contribution in [0.15, 0.2) is 34.2 Å². The maximum Gasteiger partial charge on any atom is 0.286 e. The molecule has 2 aliphatic rings. The average Bonchev–Trinajstić information content (AvgIpc) is 2.84. The average molecular weight is 390 g/mol. The molecule has 1 aromatic carbocycles. The first kappa shape index (κ1) is 16.5. The summed E-state index contributed by atoms with van der Waals surface area (Å²) in [4.78, 5) is 18.8. The zero-order valence-corrected chi connectivity index (χ0v) is 14.4. The summed E-state index contributed by atoms with van der Waals surface area (Å²) in [5.74, 6) is -0.175. The highest BCUT2D eigenvalue weighted by atomic mass is 79.9. The van der Waals surface area contributed by atoms with Gasteiger partial charge in [0.05, 0.1) is 18.1 Å². The van der Waals surface area contributed by atoms with Crippen LogP contribution in [0.25, 0.3) is 6.08 Å². The van der Waals surface area contributed by atoms with Crippen molar-refractivity contribution in [2.24, 2.45) is 4.99 Å². The number of nitrogens with zero attached hydrogens (tertiary/aromatic N) is 2. The third-order valence-electron chi connectivity index (χ3n) is 3.06. The summed E-state index contributed by atoms with van der Waals surface area (Å²) in [7, 11) is 0. The van der Waals surface area contributed by atoms with E-state index in [1.807, 2.05) is 30.3 Å². The van der Waals surface area contributed by atoms with Crippen molar-refractivity contribution in [2.45, 2.75) is 0 Å². The Morgan fingerprint density at radius 2 is 1.90 bits per heavy atom. The van der Waals surface area contributed by atoms with Crippen LogP contribution in [0.2, 0.25) is 5.02 Å². The number of carbonyl (C=O) groups is 1. The van der Waals surface area contributed by atoms with Gasteiger partial charge in [0.2, 0.25) is 0 Å². The van der Waals surface area contributed by atoms with Gasteiger partial charge in [-0.25, -0.2) is 0 Å². The largest absolute Gasteiger partial charge is 0.378 e. The van der Waals surface area contributed by atoms with Crippen LogP contribution >= 0.6 is 40.3 Å². The number of carbonyl (C=O) groups excluding carboxylic acids is 1. The van der Waals surface area contributed by atoms with Crippen molar-refractivity contribution in [3.63, 3.8) is 0 Å². The quantitative estimate of drug-likeness (QED) is 0.692. The molecule has 1 fully saturated rings. The molecule has 0 bridgehead atoms. The minimum Gasteiger partial charge on any atom is -0.378 e. The van der Waals surface area contributed by atoms with Gasteiger partial charge in [-0.3, -0.25) is 4.79 Å². The number of halogens is 2. The third-order valence-corrected chi connectivity index (χ3v) is 4.36. The Bertz CT molecular complexity index is 583. The van der Waals surface area contributed by atoms with Crippen LogP contribution in [0.4, 0.5) is 0 Å². The Labute approximate surface area is 143 Å². The van der Waals surface area contributed by atoms with Gasteiger partial charge in [0.1, 0.15) is 0 Å². The monoisotopic (exact) mass is 388 g/mol. The first-order valence-electron chi connectivity index (χ1n) is 6.33. The van der Waals surface area contributed by atoms with Crippen LogP contribution in [0.1, 0.15) is 5.56 Å². The van der Waals surface area contributed by atoms with E-state index in [2.05, 4.69) is 9.89 Å². The molecule has 0 spiro atoms. The Balaban J connectivity index is 0.00000161. The van der Waals surface area contributed by atoms with Crippen molar-refractivity contribution in [2.75, 3.05) is 26.3 Å². The molecule has 0 aromatic heterocycles. The minimum absolute atomic E-state index is 0. The summed E-state index contributed by atoms with van der Waals surface area (Å²) in [5, 5.41) is 1.46. The summed E-state index contributed by atoms with van der Waals surface area (Å²) in [5.41, 5.74) is 0.948. The van der Waals surface area contributed by atoms with Gasteiger partial charge < -0.3 is 9.64 Å². The fourth-order valence-electron chi connectivity index (χ4n) is 2.00. The van der Waals surface area contributed by atoms with Gasteiger partial charge in [0.15, 0.2) is 5.17 Å². The van der Waals surface area contributed by atoms with Crippen LogP contribution in [0.5, 0.6) is 0 Å². The third kappa shape index (κ3) is 4.10. The molecule has 112 valence electrons. The first-order chi connectivity index (χ1) is 9.72. The molecule has 1 amide bonds. The number of amides is 1. The number of thioether (sulfide) groups is 1. The summed E-state index contributed by atoms with van der Waals surface area (Å²) in [6.07, 6.45) is 1.85. The number of aliphatic imine (C=N–C) groups is 1. The Kier molecular flexibility index (Phi) is 5.87. The van der Waals surface area contributed by atoms with Gasteiger partial charge in [-0.1, -0.05) is 23.7 Å². The Morgan fingerprint density at radius 1 is 1.24 bits per heavy atom. The zero-order chi connectivity index (χ0) is 13.9. The Hall–Kier alpha value is -0.820. The molecule has 0 unspecified atom stereocenters. The van der Waals surface area contributed by atoms with Crippen LogP contribution in [-0.4, -0.2) is 42.3 Å². The summed E-state index contributed by atoms with van der Waals surface area (Å²) in [6, 6.07) is 7.38. The molecule has 2 heterocycles. The summed E-state index contributed by atoms with van der Waals surface area (Å²) in [6.45, 7) is 2.94. The van der Waals surface area contributed by atoms with Crippen molar-refractivity contribution >= 4 is 57.5 Å². The van der Waals surface area contributed by atoms with Crippen LogP contribution in [0.3, 0.4) is 0 Å². The van der Waals surface area contributed by atoms with Crippen LogP contribution in [-0.2, 0) is 9.53 Å². The molecular formula is C14H14BrClN2O2S. The summed E-state index contributed by atoms with van der Waals surface area (Å²) >= 11 is 7.27. The molecule has 0 radical (unpaired) electrons. The standard InChI is InChI=1S/C14H13ClN2O2S.BrH/c15-11-3-1-10(2-4-11)9-12-13(18)16-14(20-12)17-5-7-19-8-6-17;/h1-4,9H,5-8H2;1H/b12-9-;. The second-order valence-electron chi connectivity index (χ2n) is 4.46. The molecule has 7 heteroatoms. The van der Waals surface area contributed by atoms with Gasteiger partial charge >= 0.3 is 0 Å². The molecule has 0 N–H and O–H groups in total. The van der Waals surface area contributed by atoms with Crippen molar-refractivity contribution in [3.05, 3.63) is 39.8 Å². The maximum atomic E-state index is 11.9. The van der Waals surface area contributed by atoms with E-state index in [1.165, 1.54) is 11.8 Å². The maximum absolute atomic E-state index is 11.9. The molecule has 21 heavy (non-hydrogen) atoms. The lowest BCUT2D eigenvalue weighted by atomic mass is 10.2. The van der Waals surface area contributed by atoms with Gasteiger partial charge in [-0.15, -0.1) is 17.0 Å². The molecule has 4 nitrogen and oxygen atoms in total. The molecule has 0 saturated carbocycles. The highest BCUT2D eigenvalue weighted by Crippen LogP contribution is 2.30. The van der Waals surface area contributed by atoms with Crippen LogP contribution in [0, 0.1) is 0 Å². The number of benzene rings is 1. The normalized spacial score (nSPS) is 20.4. The lowest BCUT2D eigenvalue weighted by molar-refractivity contribution is -0.113. The van der Waals surface area contributed by atoms with E-state index in [4.69, 9.17) is 16.3 Å². The molecular weight excluding hydrogens is 376 g/mol. The van der Waals surface area contributed by atoms with E-state index in [9.17, 15) is 4.79 Å². The summed E-state index contributed by atoms with van der Waals surface area (Å²) < 4.78 is 5.30. The lowest BCUT2D eigenvalue weighted by Gasteiger charge is -2.27. The fraction of sp³-hybridized carbons (Fsp3) is 0.286. The number of amidine groups is 1. The molecule has 0 atom stereocenters. The number of ether oxygens (including phenoxy) is 1. The van der Waals surface area contributed by atoms with E-state index >= 15 is 0 Å². The van der Waals surface area contributed by atoms with E-state index in [1.54, 1.807) is 0 Å². The van der Waals surface area contributed by atoms with Gasteiger partial charge in [0, 0.05) is 18.1 Å². The van der Waals surface area contributed by atoms with E-state index in [0.29, 0.717) is 23.1 Å². The second-order valence-corrected chi connectivity index (χ2v) is 5.91. The number of hydrogen-bond acceptors (Lipinski definition) is 4. The van der Waals surface area contributed by atoms with Crippen LogP contribution < -0.4 is 0 Å².